The fourth-order valence-electron chi connectivity index (χ4n) is 2.24. The maximum absolute atomic E-state index is 5.51. The van der Waals surface area contributed by atoms with Gasteiger partial charge in [0.05, 0.1) is 19.2 Å². The Morgan fingerprint density at radius 3 is 3.00 bits per heavy atom. The highest BCUT2D eigenvalue weighted by Crippen LogP contribution is 2.37. The predicted octanol–water partition coefficient (Wildman–Crippen LogP) is -3.01. The van der Waals surface area contributed by atoms with Gasteiger partial charge in [0, 0.05) is 6.42 Å². The first-order chi connectivity index (χ1) is 6.84. The number of hydrogen-bond donors (Lipinski definition) is 1. The number of benzene rings is 1. The summed E-state index contributed by atoms with van der Waals surface area (Å²) in [5.74, 6) is 1.90. The maximum Gasteiger partial charge on any atom is 0.231 e. The van der Waals surface area contributed by atoms with Gasteiger partial charge in [0.2, 0.25) is 6.79 Å². The monoisotopic (exact) mass is 227 g/mol. The lowest BCUT2D eigenvalue weighted by molar-refractivity contribution is -0.895. The topological polar surface area (TPSA) is 22.9 Å². The van der Waals surface area contributed by atoms with E-state index in [1.165, 1.54) is 17.7 Å². The summed E-state index contributed by atoms with van der Waals surface area (Å²) in [6.45, 7) is 2.65. The molecule has 2 aliphatic rings. The van der Waals surface area contributed by atoms with Crippen LogP contribution in [0, 0.1) is 0 Å². The smallest absolute Gasteiger partial charge is 0.231 e. The first kappa shape index (κ1) is 10.6. The molecule has 1 unspecified atom stereocenters. The Kier molecular flexibility index (Phi) is 2.76. The lowest BCUT2D eigenvalue weighted by atomic mass is 9.99. The van der Waals surface area contributed by atoms with E-state index >= 15 is 0 Å². The van der Waals surface area contributed by atoms with E-state index in [9.17, 15) is 0 Å². The Balaban J connectivity index is 0.000000853. The molecule has 0 fully saturated rings. The number of halogens is 1. The van der Waals surface area contributed by atoms with E-state index in [1.807, 2.05) is 6.07 Å². The summed E-state index contributed by atoms with van der Waals surface area (Å²) in [5, 5.41) is 0. The summed E-state index contributed by atoms with van der Waals surface area (Å²) < 4.78 is 10.9. The molecule has 1 N–H and O–H groups in total. The zero-order valence-corrected chi connectivity index (χ0v) is 9.43. The number of quaternary nitrogens is 1. The summed E-state index contributed by atoms with van der Waals surface area (Å²) in [6, 6.07) is 4.21. The highest BCUT2D eigenvalue weighted by Gasteiger charge is 2.25. The van der Waals surface area contributed by atoms with E-state index in [0.29, 0.717) is 6.79 Å². The van der Waals surface area contributed by atoms with Crippen LogP contribution in [-0.4, -0.2) is 20.4 Å². The van der Waals surface area contributed by atoms with E-state index in [4.69, 9.17) is 9.47 Å². The molecule has 82 valence electrons. The van der Waals surface area contributed by atoms with Crippen LogP contribution in [0.3, 0.4) is 0 Å². The van der Waals surface area contributed by atoms with Crippen molar-refractivity contribution in [1.29, 1.82) is 0 Å². The average molecular weight is 228 g/mol. The van der Waals surface area contributed by atoms with Gasteiger partial charge in [-0.2, -0.15) is 0 Å². The molecule has 4 heteroatoms. The van der Waals surface area contributed by atoms with Crippen LogP contribution in [0.2, 0.25) is 0 Å². The van der Waals surface area contributed by atoms with Crippen molar-refractivity contribution in [1.82, 2.24) is 0 Å². The Morgan fingerprint density at radius 2 is 2.13 bits per heavy atom. The quantitative estimate of drug-likeness (QED) is 0.510. The summed E-state index contributed by atoms with van der Waals surface area (Å²) in [6.07, 6.45) is 1.15. The van der Waals surface area contributed by atoms with Gasteiger partial charge in [-0.1, -0.05) is 6.07 Å². The van der Waals surface area contributed by atoms with E-state index in [0.717, 1.165) is 24.5 Å². The van der Waals surface area contributed by atoms with Gasteiger partial charge in [-0.3, -0.25) is 0 Å². The molecule has 3 rings (SSSR count). The van der Waals surface area contributed by atoms with Crippen molar-refractivity contribution in [2.24, 2.45) is 0 Å². The third-order valence-corrected chi connectivity index (χ3v) is 3.04. The molecule has 15 heavy (non-hydrogen) atoms. The molecular formula is C11H14ClNO2. The van der Waals surface area contributed by atoms with Gasteiger partial charge >= 0.3 is 0 Å². The first-order valence-corrected chi connectivity index (χ1v) is 5.06. The molecule has 0 bridgehead atoms. The second-order valence-electron chi connectivity index (χ2n) is 4.07. The lowest BCUT2D eigenvalue weighted by Crippen LogP contribution is -3.08. The van der Waals surface area contributed by atoms with Gasteiger partial charge in [-0.15, -0.1) is 0 Å². The van der Waals surface area contributed by atoms with Crippen molar-refractivity contribution >= 4 is 0 Å². The summed E-state index contributed by atoms with van der Waals surface area (Å²) >= 11 is 0. The Bertz CT molecular complexity index is 381. The van der Waals surface area contributed by atoms with Gasteiger partial charge in [0.25, 0.3) is 0 Å². The van der Waals surface area contributed by atoms with Gasteiger partial charge in [-0.25, -0.2) is 0 Å². The molecule has 0 aromatic heterocycles. The lowest BCUT2D eigenvalue weighted by Gasteiger charge is -2.22. The van der Waals surface area contributed by atoms with Crippen LogP contribution in [0.4, 0.5) is 0 Å². The SMILES string of the molecule is C[NH+]1CCc2ccc3c(c2C1)OCO3.[Cl-]. The van der Waals surface area contributed by atoms with E-state index in [-0.39, 0.29) is 12.4 Å². The van der Waals surface area contributed by atoms with Crippen molar-refractivity contribution in [2.45, 2.75) is 13.0 Å². The molecule has 0 saturated heterocycles. The number of ether oxygens (including phenoxy) is 2. The van der Waals surface area contributed by atoms with E-state index in [2.05, 4.69) is 13.1 Å². The fourth-order valence-corrected chi connectivity index (χ4v) is 2.24. The Hall–Kier alpha value is -0.930. The molecule has 1 atom stereocenters. The predicted molar refractivity (Wildman–Crippen MR) is 51.7 cm³/mol. The standard InChI is InChI=1S/C11H13NO2.ClH/c1-12-5-4-8-2-3-10-11(9(8)6-12)14-7-13-10;/h2-3H,4-7H2,1H3;1H. The zero-order valence-electron chi connectivity index (χ0n) is 8.68. The minimum Gasteiger partial charge on any atom is -1.00 e. The van der Waals surface area contributed by atoms with Gasteiger partial charge in [0.15, 0.2) is 11.5 Å². The number of hydrogen-bond acceptors (Lipinski definition) is 2. The van der Waals surface area contributed by atoms with Crippen LogP contribution in [-0.2, 0) is 13.0 Å². The van der Waals surface area contributed by atoms with Crippen molar-refractivity contribution in [3.63, 3.8) is 0 Å². The van der Waals surface area contributed by atoms with Crippen LogP contribution in [0.15, 0.2) is 12.1 Å². The maximum atomic E-state index is 5.51. The van der Waals surface area contributed by atoms with Crippen molar-refractivity contribution in [3.8, 4) is 11.5 Å². The molecule has 2 aliphatic heterocycles. The number of likely N-dealkylation sites (N-methyl/N-ethyl adjacent to an activating group) is 1. The Labute approximate surface area is 95.4 Å². The molecule has 0 saturated carbocycles. The van der Waals surface area contributed by atoms with Crippen LogP contribution >= 0.6 is 0 Å². The van der Waals surface area contributed by atoms with Crippen LogP contribution in [0.5, 0.6) is 11.5 Å². The molecule has 1 aromatic rings. The summed E-state index contributed by atoms with van der Waals surface area (Å²) in [7, 11) is 2.22. The number of nitrogens with one attached hydrogen (secondary N) is 1. The average Bonchev–Trinajstić information content (AvgIpc) is 2.65. The van der Waals surface area contributed by atoms with Crippen LogP contribution in [0.25, 0.3) is 0 Å². The molecular weight excluding hydrogens is 214 g/mol. The zero-order chi connectivity index (χ0) is 9.54. The molecule has 1 aromatic carbocycles. The third kappa shape index (κ3) is 1.66. The van der Waals surface area contributed by atoms with Crippen LogP contribution in [0.1, 0.15) is 11.1 Å². The Morgan fingerprint density at radius 1 is 1.27 bits per heavy atom. The second kappa shape index (κ2) is 3.91. The van der Waals surface area contributed by atoms with E-state index < -0.39 is 0 Å². The van der Waals surface area contributed by atoms with Gasteiger partial charge in [0.1, 0.15) is 6.54 Å². The van der Waals surface area contributed by atoms with Crippen molar-refractivity contribution in [3.05, 3.63) is 23.3 Å². The molecule has 2 heterocycles. The molecule has 0 aliphatic carbocycles. The van der Waals surface area contributed by atoms with Gasteiger partial charge in [-0.05, 0) is 11.6 Å². The number of rotatable bonds is 0. The van der Waals surface area contributed by atoms with Crippen molar-refractivity contribution in [2.75, 3.05) is 20.4 Å². The van der Waals surface area contributed by atoms with Crippen LogP contribution < -0.4 is 26.8 Å². The van der Waals surface area contributed by atoms with E-state index in [1.54, 1.807) is 4.90 Å². The van der Waals surface area contributed by atoms with Gasteiger partial charge < -0.3 is 26.8 Å². The first-order valence-electron chi connectivity index (χ1n) is 5.06. The normalized spacial score (nSPS) is 21.8. The largest absolute Gasteiger partial charge is 1.00 e. The second-order valence-corrected chi connectivity index (χ2v) is 4.07. The fraction of sp³-hybridized carbons (Fsp3) is 0.455. The summed E-state index contributed by atoms with van der Waals surface area (Å²) in [4.78, 5) is 1.54. The highest BCUT2D eigenvalue weighted by atomic mass is 35.5. The molecule has 3 nitrogen and oxygen atoms in total. The summed E-state index contributed by atoms with van der Waals surface area (Å²) in [5.41, 5.74) is 2.78. The minimum atomic E-state index is 0. The highest BCUT2D eigenvalue weighted by molar-refractivity contribution is 5.52. The molecule has 0 radical (unpaired) electrons. The minimum absolute atomic E-state index is 0. The van der Waals surface area contributed by atoms with Crippen molar-refractivity contribution < 1.29 is 26.8 Å². The molecule has 0 amide bonds. The number of fused-ring (bicyclic) bond motifs is 3. The molecule has 0 spiro atoms. The third-order valence-electron chi connectivity index (χ3n) is 3.04.